The van der Waals surface area contributed by atoms with E-state index in [0.717, 1.165) is 18.6 Å². The Labute approximate surface area is 216 Å². The second-order valence-electron chi connectivity index (χ2n) is 10.6. The van der Waals surface area contributed by atoms with Gasteiger partial charge in [0, 0.05) is 30.6 Å². The van der Waals surface area contributed by atoms with Crippen LogP contribution in [-0.4, -0.2) is 65.7 Å². The van der Waals surface area contributed by atoms with Crippen LogP contribution in [-0.2, 0) is 28.6 Å². The molecular formula is C27H36O8S. The molecule has 0 spiro atoms. The highest BCUT2D eigenvalue weighted by Gasteiger charge is 2.64. The SMILES string of the molecule is CCCCSC=C1C(=O)OC(COC)C2(C)C1=C(O)C(=O)C1=C2C(OC(C)=O)CC2(C)C(O)CCC12. The topological polar surface area (TPSA) is 119 Å². The van der Waals surface area contributed by atoms with Crippen molar-refractivity contribution in [2.24, 2.45) is 16.7 Å². The molecule has 0 bridgehead atoms. The van der Waals surface area contributed by atoms with Gasteiger partial charge in [0.2, 0.25) is 5.78 Å². The predicted octanol–water partition coefficient (Wildman–Crippen LogP) is 3.79. The van der Waals surface area contributed by atoms with Crippen LogP contribution in [0.25, 0.3) is 0 Å². The van der Waals surface area contributed by atoms with Crippen LogP contribution in [0.1, 0.15) is 59.8 Å². The van der Waals surface area contributed by atoms with Crippen molar-refractivity contribution in [1.82, 2.24) is 0 Å². The Kier molecular flexibility index (Phi) is 7.48. The number of aliphatic hydroxyl groups is 2. The number of rotatable bonds is 7. The molecular weight excluding hydrogens is 484 g/mol. The molecule has 1 saturated heterocycles. The lowest BCUT2D eigenvalue weighted by atomic mass is 9.53. The number of thioether (sulfide) groups is 1. The van der Waals surface area contributed by atoms with Crippen molar-refractivity contribution < 1.29 is 38.8 Å². The molecule has 1 saturated carbocycles. The van der Waals surface area contributed by atoms with Crippen LogP contribution in [0.2, 0.25) is 0 Å². The number of ether oxygens (including phenoxy) is 3. The van der Waals surface area contributed by atoms with Gasteiger partial charge >= 0.3 is 11.9 Å². The maximum absolute atomic E-state index is 13.9. The lowest BCUT2D eigenvalue weighted by Crippen LogP contribution is -2.57. The summed E-state index contributed by atoms with van der Waals surface area (Å²) in [5, 5.41) is 24.0. The average molecular weight is 521 g/mol. The van der Waals surface area contributed by atoms with E-state index in [0.29, 0.717) is 30.4 Å². The molecule has 36 heavy (non-hydrogen) atoms. The summed E-state index contributed by atoms with van der Waals surface area (Å²) >= 11 is 1.43. The Bertz CT molecular complexity index is 1060. The Morgan fingerprint density at radius 2 is 2.00 bits per heavy atom. The van der Waals surface area contributed by atoms with E-state index in [4.69, 9.17) is 14.2 Å². The molecule has 0 radical (unpaired) electrons. The number of unbranched alkanes of at least 4 members (excludes halogenated alkanes) is 1. The van der Waals surface area contributed by atoms with Crippen LogP contribution in [0.3, 0.4) is 0 Å². The minimum atomic E-state index is -1.16. The summed E-state index contributed by atoms with van der Waals surface area (Å²) in [6.07, 6.45) is 0.986. The van der Waals surface area contributed by atoms with Gasteiger partial charge in [-0.3, -0.25) is 9.59 Å². The second-order valence-corrected chi connectivity index (χ2v) is 11.6. The van der Waals surface area contributed by atoms with Gasteiger partial charge in [0.05, 0.1) is 23.7 Å². The first-order chi connectivity index (χ1) is 17.0. The number of fused-ring (bicyclic) bond motifs is 4. The minimum Gasteiger partial charge on any atom is -0.504 e. The number of Topliss-reactive ketones (excluding diaryl/α,β-unsaturated/α-hetero) is 1. The third kappa shape index (κ3) is 4.03. The highest BCUT2D eigenvalue weighted by atomic mass is 32.2. The normalized spacial score (nSPS) is 37.0. The fraction of sp³-hybridized carbons (Fsp3) is 0.667. The van der Waals surface area contributed by atoms with Crippen LogP contribution in [0.15, 0.2) is 33.5 Å². The number of allylic oxidation sites excluding steroid dienone is 1. The van der Waals surface area contributed by atoms with Crippen molar-refractivity contribution in [2.75, 3.05) is 19.5 Å². The number of aliphatic hydroxyl groups excluding tert-OH is 2. The number of cyclic esters (lactones) is 1. The monoisotopic (exact) mass is 520 g/mol. The molecule has 2 fully saturated rings. The zero-order valence-electron chi connectivity index (χ0n) is 21.6. The third-order valence-corrected chi connectivity index (χ3v) is 9.40. The van der Waals surface area contributed by atoms with Crippen molar-refractivity contribution in [2.45, 2.75) is 78.1 Å². The zero-order valence-corrected chi connectivity index (χ0v) is 22.4. The molecule has 0 aromatic rings. The Morgan fingerprint density at radius 1 is 1.28 bits per heavy atom. The highest BCUT2D eigenvalue weighted by molar-refractivity contribution is 8.02. The Morgan fingerprint density at radius 3 is 2.64 bits per heavy atom. The van der Waals surface area contributed by atoms with Gasteiger partial charge in [-0.15, -0.1) is 11.8 Å². The maximum atomic E-state index is 13.9. The predicted molar refractivity (Wildman–Crippen MR) is 134 cm³/mol. The number of carbonyl (C=O) groups excluding carboxylic acids is 3. The summed E-state index contributed by atoms with van der Waals surface area (Å²) in [6, 6.07) is 0. The van der Waals surface area contributed by atoms with Crippen molar-refractivity contribution >= 4 is 29.5 Å². The van der Waals surface area contributed by atoms with E-state index < -0.39 is 52.6 Å². The third-order valence-electron chi connectivity index (χ3n) is 8.47. The molecule has 2 N–H and O–H groups in total. The molecule has 198 valence electrons. The zero-order chi connectivity index (χ0) is 26.4. The molecule has 3 aliphatic carbocycles. The molecule has 4 aliphatic rings. The molecule has 4 rings (SSSR count). The van der Waals surface area contributed by atoms with E-state index in [1.54, 1.807) is 5.41 Å². The summed E-state index contributed by atoms with van der Waals surface area (Å²) in [5.41, 5.74) is -0.598. The number of carbonyl (C=O) groups is 3. The van der Waals surface area contributed by atoms with E-state index in [2.05, 4.69) is 6.92 Å². The fourth-order valence-electron chi connectivity index (χ4n) is 6.63. The molecule has 6 unspecified atom stereocenters. The quantitative estimate of drug-likeness (QED) is 0.294. The van der Waals surface area contributed by atoms with Crippen molar-refractivity contribution in [1.29, 1.82) is 0 Å². The molecule has 9 heteroatoms. The van der Waals surface area contributed by atoms with Gasteiger partial charge in [-0.05, 0) is 55.3 Å². The summed E-state index contributed by atoms with van der Waals surface area (Å²) in [4.78, 5) is 39.2. The fourth-order valence-corrected chi connectivity index (χ4v) is 7.59. The van der Waals surface area contributed by atoms with Crippen LogP contribution in [0, 0.1) is 16.7 Å². The first kappa shape index (κ1) is 26.9. The largest absolute Gasteiger partial charge is 0.504 e. The van der Waals surface area contributed by atoms with Gasteiger partial charge in [-0.1, -0.05) is 20.3 Å². The van der Waals surface area contributed by atoms with Gasteiger partial charge in [0.25, 0.3) is 0 Å². The molecule has 1 heterocycles. The summed E-state index contributed by atoms with van der Waals surface area (Å²) in [6.45, 7) is 7.14. The van der Waals surface area contributed by atoms with Gasteiger partial charge in [-0.25, -0.2) is 4.79 Å². The van der Waals surface area contributed by atoms with Crippen LogP contribution in [0.5, 0.6) is 0 Å². The molecule has 0 aromatic carbocycles. The smallest absolute Gasteiger partial charge is 0.339 e. The van der Waals surface area contributed by atoms with E-state index in [9.17, 15) is 24.6 Å². The number of methoxy groups -OCH3 is 1. The molecule has 0 aromatic heterocycles. The minimum absolute atomic E-state index is 0.0254. The van der Waals surface area contributed by atoms with Crippen LogP contribution < -0.4 is 0 Å². The lowest BCUT2D eigenvalue weighted by Gasteiger charge is -2.54. The number of esters is 2. The van der Waals surface area contributed by atoms with Gasteiger partial charge < -0.3 is 24.4 Å². The van der Waals surface area contributed by atoms with Crippen molar-refractivity contribution in [3.63, 3.8) is 0 Å². The summed E-state index contributed by atoms with van der Waals surface area (Å²) < 4.78 is 17.1. The molecule has 1 aliphatic heterocycles. The number of hydrogen-bond donors (Lipinski definition) is 2. The number of hydrogen-bond acceptors (Lipinski definition) is 9. The van der Waals surface area contributed by atoms with Crippen molar-refractivity contribution in [3.05, 3.63) is 33.5 Å². The van der Waals surface area contributed by atoms with Crippen molar-refractivity contribution in [3.8, 4) is 0 Å². The van der Waals surface area contributed by atoms with Gasteiger partial charge in [-0.2, -0.15) is 0 Å². The highest BCUT2D eigenvalue weighted by Crippen LogP contribution is 2.63. The van der Waals surface area contributed by atoms with E-state index in [1.807, 2.05) is 13.8 Å². The van der Waals surface area contributed by atoms with E-state index in [1.165, 1.54) is 25.8 Å². The molecule has 0 amide bonds. The van der Waals surface area contributed by atoms with Crippen LogP contribution in [0.4, 0.5) is 0 Å². The summed E-state index contributed by atoms with van der Waals surface area (Å²) in [5.74, 6) is -1.75. The first-order valence-corrected chi connectivity index (χ1v) is 13.7. The second kappa shape index (κ2) is 9.99. The summed E-state index contributed by atoms with van der Waals surface area (Å²) in [7, 11) is 1.49. The van der Waals surface area contributed by atoms with E-state index in [-0.39, 0.29) is 23.7 Å². The first-order valence-electron chi connectivity index (χ1n) is 12.6. The number of ketones is 1. The maximum Gasteiger partial charge on any atom is 0.339 e. The molecule has 8 nitrogen and oxygen atoms in total. The van der Waals surface area contributed by atoms with Gasteiger partial charge in [0.1, 0.15) is 12.2 Å². The lowest BCUT2D eigenvalue weighted by molar-refractivity contribution is -0.160. The average Bonchev–Trinajstić information content (AvgIpc) is 3.10. The Hall–Kier alpha value is -2.10. The molecule has 6 atom stereocenters. The van der Waals surface area contributed by atoms with Crippen LogP contribution >= 0.6 is 11.8 Å². The standard InChI is InChI=1S/C27H36O8S/c1-6-7-10-36-13-15-21-24(31)23(30)20-16-8-9-18(29)26(16,3)11-17(34-14(2)28)22(20)27(21,4)19(12-33-5)35-25(15)32/h13,16-19,29,31H,6-12H2,1-5H3. The Balaban J connectivity index is 1.95. The van der Waals surface area contributed by atoms with E-state index >= 15 is 0 Å². The van der Waals surface area contributed by atoms with Gasteiger partial charge in [0.15, 0.2) is 5.76 Å².